The minimum Gasteiger partial charge on any atom is -0.353 e. The summed E-state index contributed by atoms with van der Waals surface area (Å²) in [7, 11) is 0. The van der Waals surface area contributed by atoms with Crippen LogP contribution in [0.3, 0.4) is 0 Å². The van der Waals surface area contributed by atoms with Crippen molar-refractivity contribution in [1.29, 1.82) is 0 Å². The molecule has 0 unspecified atom stereocenters. The number of hydrogen-bond donors (Lipinski definition) is 0. The van der Waals surface area contributed by atoms with Crippen molar-refractivity contribution >= 4 is 28.3 Å². The molecule has 1 saturated heterocycles. The molecule has 7 nitrogen and oxygen atoms in total. The molecule has 0 aliphatic carbocycles. The third kappa shape index (κ3) is 2.36. The second kappa shape index (κ2) is 5.70. The number of aromatic nitrogens is 5. The molecule has 7 heteroatoms. The number of piperazine rings is 1. The largest absolute Gasteiger partial charge is 0.353 e. The average Bonchev–Trinajstić information content (AvgIpc) is 3.18. The Balaban J connectivity index is 1.49. The van der Waals surface area contributed by atoms with Gasteiger partial charge < -0.3 is 9.80 Å². The molecule has 0 radical (unpaired) electrons. The lowest BCUT2D eigenvalue weighted by atomic mass is 10.2. The van der Waals surface area contributed by atoms with Gasteiger partial charge >= 0.3 is 0 Å². The van der Waals surface area contributed by atoms with Gasteiger partial charge in [-0.1, -0.05) is 18.2 Å². The van der Waals surface area contributed by atoms with Gasteiger partial charge in [-0.25, -0.2) is 9.97 Å². The predicted octanol–water partition coefficient (Wildman–Crippen LogP) is 2.00. The summed E-state index contributed by atoms with van der Waals surface area (Å²) in [5.41, 5.74) is 2.79. The SMILES string of the molecule is c1ccc(N2CCN(c3nc4ccccc4n4cnnc34)CC2)nc1. The second-order valence-corrected chi connectivity index (χ2v) is 6.11. The molecule has 5 rings (SSSR count). The van der Waals surface area contributed by atoms with Crippen LogP contribution in [-0.4, -0.2) is 50.7 Å². The van der Waals surface area contributed by atoms with E-state index in [1.807, 2.05) is 47.0 Å². The summed E-state index contributed by atoms with van der Waals surface area (Å²) in [5, 5.41) is 8.40. The van der Waals surface area contributed by atoms with Crippen molar-refractivity contribution in [2.24, 2.45) is 0 Å². The first-order chi connectivity index (χ1) is 12.4. The maximum atomic E-state index is 4.87. The fraction of sp³-hybridized carbons (Fsp3) is 0.222. The highest BCUT2D eigenvalue weighted by molar-refractivity contribution is 5.82. The smallest absolute Gasteiger partial charge is 0.204 e. The molecule has 0 atom stereocenters. The molecule has 25 heavy (non-hydrogen) atoms. The van der Waals surface area contributed by atoms with Crippen LogP contribution in [0.5, 0.6) is 0 Å². The Labute approximate surface area is 144 Å². The Morgan fingerprint density at radius 1 is 0.840 bits per heavy atom. The maximum Gasteiger partial charge on any atom is 0.204 e. The summed E-state index contributed by atoms with van der Waals surface area (Å²) in [4.78, 5) is 13.9. The number of rotatable bonds is 2. The van der Waals surface area contributed by atoms with Gasteiger partial charge in [-0.05, 0) is 24.3 Å². The highest BCUT2D eigenvalue weighted by atomic mass is 15.3. The molecular formula is C18H17N7. The van der Waals surface area contributed by atoms with E-state index in [1.165, 1.54) is 0 Å². The molecule has 0 N–H and O–H groups in total. The maximum absolute atomic E-state index is 4.87. The van der Waals surface area contributed by atoms with Gasteiger partial charge in [-0.15, -0.1) is 10.2 Å². The summed E-state index contributed by atoms with van der Waals surface area (Å²) >= 11 is 0. The third-order valence-electron chi connectivity index (χ3n) is 4.67. The molecule has 0 bridgehead atoms. The molecule has 124 valence electrons. The van der Waals surface area contributed by atoms with E-state index in [2.05, 4.69) is 31.0 Å². The number of nitrogens with zero attached hydrogens (tertiary/aromatic N) is 7. The highest BCUT2D eigenvalue weighted by Crippen LogP contribution is 2.24. The summed E-state index contributed by atoms with van der Waals surface area (Å²) in [5.74, 6) is 1.93. The van der Waals surface area contributed by atoms with Crippen LogP contribution in [0.4, 0.5) is 11.6 Å². The van der Waals surface area contributed by atoms with Crippen LogP contribution in [-0.2, 0) is 0 Å². The fourth-order valence-electron chi connectivity index (χ4n) is 3.39. The van der Waals surface area contributed by atoms with E-state index in [0.717, 1.165) is 54.5 Å². The van der Waals surface area contributed by atoms with Gasteiger partial charge in [0.1, 0.15) is 12.1 Å². The van der Waals surface area contributed by atoms with Crippen molar-refractivity contribution in [1.82, 2.24) is 24.6 Å². The monoisotopic (exact) mass is 331 g/mol. The zero-order chi connectivity index (χ0) is 16.6. The van der Waals surface area contributed by atoms with Crippen LogP contribution < -0.4 is 9.80 Å². The molecule has 4 heterocycles. The first-order valence-electron chi connectivity index (χ1n) is 8.39. The summed E-state index contributed by atoms with van der Waals surface area (Å²) in [6.45, 7) is 3.58. The van der Waals surface area contributed by atoms with Crippen LogP contribution >= 0.6 is 0 Å². The summed E-state index contributed by atoms with van der Waals surface area (Å²) < 4.78 is 2.02. The second-order valence-electron chi connectivity index (χ2n) is 6.11. The lowest BCUT2D eigenvalue weighted by Gasteiger charge is -2.36. The Morgan fingerprint density at radius 3 is 2.48 bits per heavy atom. The summed E-state index contributed by atoms with van der Waals surface area (Å²) in [6, 6.07) is 14.1. The van der Waals surface area contributed by atoms with E-state index in [4.69, 9.17) is 4.98 Å². The molecule has 0 amide bonds. The van der Waals surface area contributed by atoms with Crippen molar-refractivity contribution in [3.05, 3.63) is 55.0 Å². The zero-order valence-corrected chi connectivity index (χ0v) is 13.7. The van der Waals surface area contributed by atoms with Crippen molar-refractivity contribution in [2.75, 3.05) is 36.0 Å². The quantitative estimate of drug-likeness (QED) is 0.560. The molecule has 1 aliphatic heterocycles. The van der Waals surface area contributed by atoms with Gasteiger partial charge in [0.05, 0.1) is 11.0 Å². The molecule has 1 fully saturated rings. The van der Waals surface area contributed by atoms with Gasteiger partial charge in [0.15, 0.2) is 5.82 Å². The molecular weight excluding hydrogens is 314 g/mol. The van der Waals surface area contributed by atoms with Crippen molar-refractivity contribution in [2.45, 2.75) is 0 Å². The number of para-hydroxylation sites is 2. The highest BCUT2D eigenvalue weighted by Gasteiger charge is 2.22. The zero-order valence-electron chi connectivity index (χ0n) is 13.7. The Bertz CT molecular complexity index is 1020. The van der Waals surface area contributed by atoms with E-state index in [9.17, 15) is 0 Å². The Morgan fingerprint density at radius 2 is 1.64 bits per heavy atom. The lowest BCUT2D eigenvalue weighted by Crippen LogP contribution is -2.47. The molecule has 0 saturated carbocycles. The third-order valence-corrected chi connectivity index (χ3v) is 4.67. The van der Waals surface area contributed by atoms with Gasteiger partial charge in [0.25, 0.3) is 0 Å². The first kappa shape index (κ1) is 14.2. The average molecular weight is 331 g/mol. The first-order valence-corrected chi connectivity index (χ1v) is 8.39. The molecule has 4 aromatic rings. The molecule has 3 aromatic heterocycles. The number of pyridine rings is 1. The van der Waals surface area contributed by atoms with Gasteiger partial charge in [-0.3, -0.25) is 4.40 Å². The van der Waals surface area contributed by atoms with Crippen molar-refractivity contribution in [3.63, 3.8) is 0 Å². The fourth-order valence-corrected chi connectivity index (χ4v) is 3.39. The predicted molar refractivity (Wildman–Crippen MR) is 97.0 cm³/mol. The van der Waals surface area contributed by atoms with Crippen LogP contribution in [0.15, 0.2) is 55.0 Å². The number of hydrogen-bond acceptors (Lipinski definition) is 6. The minimum atomic E-state index is 0.810. The van der Waals surface area contributed by atoms with Gasteiger partial charge in [0.2, 0.25) is 5.65 Å². The van der Waals surface area contributed by atoms with Crippen LogP contribution in [0.1, 0.15) is 0 Å². The van der Waals surface area contributed by atoms with Crippen LogP contribution in [0.2, 0.25) is 0 Å². The van der Waals surface area contributed by atoms with Crippen molar-refractivity contribution in [3.8, 4) is 0 Å². The van der Waals surface area contributed by atoms with E-state index in [1.54, 1.807) is 6.33 Å². The van der Waals surface area contributed by atoms with E-state index in [0.29, 0.717) is 0 Å². The van der Waals surface area contributed by atoms with E-state index in [-0.39, 0.29) is 0 Å². The molecule has 1 aromatic carbocycles. The van der Waals surface area contributed by atoms with E-state index < -0.39 is 0 Å². The minimum absolute atomic E-state index is 0.810. The van der Waals surface area contributed by atoms with Gasteiger partial charge in [0, 0.05) is 32.4 Å². The van der Waals surface area contributed by atoms with Gasteiger partial charge in [-0.2, -0.15) is 0 Å². The summed E-state index contributed by atoms with van der Waals surface area (Å²) in [6.07, 6.45) is 3.60. The normalized spacial score (nSPS) is 15.2. The number of anilines is 2. The topological polar surface area (TPSA) is 62.5 Å². The molecule has 0 spiro atoms. The Kier molecular flexibility index (Phi) is 3.22. The standard InChI is InChI=1S/C18H17N7/c1-2-6-15-14(5-1)21-17(18-22-20-13-25(15)18)24-11-9-23(10-12-24)16-7-3-4-8-19-16/h1-8,13H,9-12H2. The number of fused-ring (bicyclic) bond motifs is 3. The lowest BCUT2D eigenvalue weighted by molar-refractivity contribution is 0.643. The van der Waals surface area contributed by atoms with Crippen LogP contribution in [0, 0.1) is 0 Å². The Hall–Kier alpha value is -3.22. The number of benzene rings is 1. The van der Waals surface area contributed by atoms with E-state index >= 15 is 0 Å². The van der Waals surface area contributed by atoms with Crippen LogP contribution in [0.25, 0.3) is 16.7 Å². The van der Waals surface area contributed by atoms with Crippen molar-refractivity contribution < 1.29 is 0 Å². The molecule has 1 aliphatic rings.